The summed E-state index contributed by atoms with van der Waals surface area (Å²) in [4.78, 5) is 25.3. The second-order valence-electron chi connectivity index (χ2n) is 7.69. The van der Waals surface area contributed by atoms with Crippen LogP contribution in [0.5, 0.6) is 17.2 Å². The number of anilines is 2. The van der Waals surface area contributed by atoms with E-state index >= 15 is 0 Å². The van der Waals surface area contributed by atoms with Crippen LogP contribution in [0.15, 0.2) is 60.7 Å². The number of aryl methyl sites for hydroxylation is 2. The molecule has 2 N–H and O–H groups in total. The van der Waals surface area contributed by atoms with Crippen molar-refractivity contribution in [3.8, 4) is 17.2 Å². The van der Waals surface area contributed by atoms with Crippen LogP contribution in [0.4, 0.5) is 11.4 Å². The molecule has 0 aromatic heterocycles. The third-order valence-corrected chi connectivity index (χ3v) is 4.80. The van der Waals surface area contributed by atoms with Crippen molar-refractivity contribution in [3.63, 3.8) is 0 Å². The van der Waals surface area contributed by atoms with Crippen molar-refractivity contribution in [1.82, 2.24) is 0 Å². The zero-order valence-corrected chi connectivity index (χ0v) is 19.9. The maximum absolute atomic E-state index is 12.7. The van der Waals surface area contributed by atoms with E-state index < -0.39 is 0 Å². The summed E-state index contributed by atoms with van der Waals surface area (Å²) in [6, 6.07) is 18.0. The summed E-state index contributed by atoms with van der Waals surface area (Å²) in [5.74, 6) is 0.841. The van der Waals surface area contributed by atoms with Crippen LogP contribution in [0.25, 0.3) is 0 Å². The van der Waals surface area contributed by atoms with Crippen LogP contribution >= 0.6 is 0 Å². The minimum absolute atomic E-state index is 0.162. The molecule has 0 fully saturated rings. The predicted molar refractivity (Wildman–Crippen MR) is 133 cm³/mol. The van der Waals surface area contributed by atoms with Gasteiger partial charge in [0, 0.05) is 17.7 Å². The Hall–Kier alpha value is -4.00. The summed E-state index contributed by atoms with van der Waals surface area (Å²) in [5.41, 5.74) is 3.51. The molecular formula is C27H30N2O5. The molecular weight excluding hydrogens is 432 g/mol. The second-order valence-corrected chi connectivity index (χ2v) is 7.69. The van der Waals surface area contributed by atoms with Gasteiger partial charge in [0.25, 0.3) is 11.8 Å². The molecule has 0 bridgehead atoms. The fourth-order valence-electron chi connectivity index (χ4n) is 3.44. The fourth-order valence-corrected chi connectivity index (χ4v) is 3.44. The Bertz CT molecular complexity index is 1130. The molecule has 0 atom stereocenters. The minimum atomic E-state index is -0.344. The van der Waals surface area contributed by atoms with E-state index in [0.29, 0.717) is 47.4 Å². The molecule has 0 saturated heterocycles. The van der Waals surface area contributed by atoms with E-state index in [-0.39, 0.29) is 18.4 Å². The number of carbonyl (C=O) groups is 2. The van der Waals surface area contributed by atoms with Crippen molar-refractivity contribution in [1.29, 1.82) is 0 Å². The predicted octanol–water partition coefficient (Wildman–Crippen LogP) is 5.37. The Balaban J connectivity index is 1.79. The highest BCUT2D eigenvalue weighted by Gasteiger charge is 2.17. The summed E-state index contributed by atoms with van der Waals surface area (Å²) in [7, 11) is 0. The SMILES string of the molecule is CCOc1cc(NC(=O)c2ccccc2)c(OCC)cc1NC(=O)COc1cc(C)cc(C)c1. The van der Waals surface area contributed by atoms with E-state index in [1.54, 1.807) is 36.4 Å². The van der Waals surface area contributed by atoms with Crippen LogP contribution in [-0.4, -0.2) is 31.6 Å². The zero-order valence-electron chi connectivity index (χ0n) is 19.9. The van der Waals surface area contributed by atoms with Crippen molar-refractivity contribution >= 4 is 23.2 Å². The van der Waals surface area contributed by atoms with E-state index in [4.69, 9.17) is 14.2 Å². The molecule has 3 aromatic rings. The molecule has 0 saturated carbocycles. The van der Waals surface area contributed by atoms with Crippen LogP contribution in [0, 0.1) is 13.8 Å². The van der Waals surface area contributed by atoms with Gasteiger partial charge in [-0.05, 0) is 63.1 Å². The molecule has 3 aromatic carbocycles. The third kappa shape index (κ3) is 6.75. The first-order chi connectivity index (χ1) is 16.4. The molecule has 2 amide bonds. The molecule has 34 heavy (non-hydrogen) atoms. The molecule has 0 aliphatic carbocycles. The molecule has 0 aliphatic heterocycles. The summed E-state index contributed by atoms with van der Waals surface area (Å²) in [5, 5.41) is 5.69. The zero-order chi connectivity index (χ0) is 24.5. The van der Waals surface area contributed by atoms with Gasteiger partial charge in [-0.15, -0.1) is 0 Å². The smallest absolute Gasteiger partial charge is 0.262 e. The molecule has 178 valence electrons. The third-order valence-electron chi connectivity index (χ3n) is 4.80. The molecule has 0 aliphatic rings. The van der Waals surface area contributed by atoms with Gasteiger partial charge in [0.2, 0.25) is 0 Å². The molecule has 0 heterocycles. The highest BCUT2D eigenvalue weighted by molar-refractivity contribution is 6.05. The highest BCUT2D eigenvalue weighted by atomic mass is 16.5. The van der Waals surface area contributed by atoms with Crippen molar-refractivity contribution in [2.45, 2.75) is 27.7 Å². The number of hydrogen-bond acceptors (Lipinski definition) is 5. The molecule has 0 unspecified atom stereocenters. The van der Waals surface area contributed by atoms with Crippen molar-refractivity contribution in [3.05, 3.63) is 77.4 Å². The van der Waals surface area contributed by atoms with Gasteiger partial charge in [-0.2, -0.15) is 0 Å². The lowest BCUT2D eigenvalue weighted by atomic mass is 10.1. The lowest BCUT2D eigenvalue weighted by Gasteiger charge is -2.18. The number of nitrogens with one attached hydrogen (secondary N) is 2. The molecule has 7 nitrogen and oxygen atoms in total. The van der Waals surface area contributed by atoms with E-state index in [1.165, 1.54) is 0 Å². The standard InChI is InChI=1S/C27H30N2O5/c1-5-32-24-16-23(29-27(31)20-10-8-7-9-11-20)25(33-6-2)15-22(24)28-26(30)17-34-21-13-18(3)12-19(4)14-21/h7-16H,5-6,17H2,1-4H3,(H,28,30)(H,29,31). The van der Waals surface area contributed by atoms with Gasteiger partial charge in [-0.25, -0.2) is 0 Å². The Kier molecular flexibility index (Phi) is 8.51. The van der Waals surface area contributed by atoms with Crippen LogP contribution in [0.3, 0.4) is 0 Å². The quantitative estimate of drug-likeness (QED) is 0.423. The first-order valence-corrected chi connectivity index (χ1v) is 11.2. The molecule has 0 radical (unpaired) electrons. The van der Waals surface area contributed by atoms with Crippen LogP contribution in [0.2, 0.25) is 0 Å². The Labute approximate surface area is 200 Å². The average Bonchev–Trinajstić information content (AvgIpc) is 2.80. The van der Waals surface area contributed by atoms with Crippen molar-refractivity contribution in [2.75, 3.05) is 30.5 Å². The van der Waals surface area contributed by atoms with Gasteiger partial charge in [0.15, 0.2) is 6.61 Å². The molecule has 0 spiro atoms. The van der Waals surface area contributed by atoms with Gasteiger partial charge in [0.05, 0.1) is 24.6 Å². The minimum Gasteiger partial charge on any atom is -0.492 e. The van der Waals surface area contributed by atoms with Crippen LogP contribution in [0.1, 0.15) is 35.3 Å². The summed E-state index contributed by atoms with van der Waals surface area (Å²) >= 11 is 0. The summed E-state index contributed by atoms with van der Waals surface area (Å²) < 4.78 is 17.1. The van der Waals surface area contributed by atoms with Crippen molar-refractivity contribution < 1.29 is 23.8 Å². The average molecular weight is 463 g/mol. The number of carbonyl (C=O) groups excluding carboxylic acids is 2. The first kappa shape index (κ1) is 24.6. The Morgan fingerprint density at radius 1 is 0.735 bits per heavy atom. The summed E-state index contributed by atoms with van der Waals surface area (Å²) in [6.07, 6.45) is 0. The van der Waals surface area contributed by atoms with Crippen LogP contribution in [-0.2, 0) is 4.79 Å². The van der Waals surface area contributed by atoms with Gasteiger partial charge < -0.3 is 24.8 Å². The Morgan fingerprint density at radius 3 is 1.85 bits per heavy atom. The maximum Gasteiger partial charge on any atom is 0.262 e. The van der Waals surface area contributed by atoms with Gasteiger partial charge in [0.1, 0.15) is 17.2 Å². The topological polar surface area (TPSA) is 85.9 Å². The van der Waals surface area contributed by atoms with E-state index in [2.05, 4.69) is 10.6 Å². The van der Waals surface area contributed by atoms with Gasteiger partial charge in [-0.1, -0.05) is 24.3 Å². The van der Waals surface area contributed by atoms with E-state index in [9.17, 15) is 9.59 Å². The van der Waals surface area contributed by atoms with Crippen molar-refractivity contribution in [2.24, 2.45) is 0 Å². The number of amides is 2. The largest absolute Gasteiger partial charge is 0.492 e. The Morgan fingerprint density at radius 2 is 1.29 bits per heavy atom. The fraction of sp³-hybridized carbons (Fsp3) is 0.259. The molecule has 7 heteroatoms. The highest BCUT2D eigenvalue weighted by Crippen LogP contribution is 2.37. The second kappa shape index (κ2) is 11.7. The first-order valence-electron chi connectivity index (χ1n) is 11.2. The maximum atomic E-state index is 12.7. The lowest BCUT2D eigenvalue weighted by molar-refractivity contribution is -0.118. The summed E-state index contributed by atoms with van der Waals surface area (Å²) in [6.45, 7) is 8.23. The number of benzene rings is 3. The number of ether oxygens (including phenoxy) is 3. The molecule has 3 rings (SSSR count). The van der Waals surface area contributed by atoms with E-state index in [0.717, 1.165) is 11.1 Å². The lowest BCUT2D eigenvalue weighted by Crippen LogP contribution is -2.21. The van der Waals surface area contributed by atoms with E-state index in [1.807, 2.05) is 52.0 Å². The van der Waals surface area contributed by atoms with Gasteiger partial charge >= 0.3 is 0 Å². The number of rotatable bonds is 10. The van der Waals surface area contributed by atoms with Crippen LogP contribution < -0.4 is 24.8 Å². The normalized spacial score (nSPS) is 10.4. The monoisotopic (exact) mass is 462 g/mol. The van der Waals surface area contributed by atoms with Gasteiger partial charge in [-0.3, -0.25) is 9.59 Å². The number of hydrogen-bond donors (Lipinski definition) is 2.